The molecule has 1 amide bonds. The number of anilines is 1. The molecule has 0 radical (unpaired) electrons. The van der Waals surface area contributed by atoms with E-state index in [1.165, 1.54) is 0 Å². The number of carbonyl (C=O) groups excluding carboxylic acids is 1. The lowest BCUT2D eigenvalue weighted by Gasteiger charge is -2.19. The van der Waals surface area contributed by atoms with Gasteiger partial charge in [-0.1, -0.05) is 32.0 Å². The summed E-state index contributed by atoms with van der Waals surface area (Å²) < 4.78 is 13.1. The number of carbonyl (C=O) groups is 1. The third-order valence-corrected chi connectivity index (χ3v) is 5.30. The average Bonchev–Trinajstić information content (AvgIpc) is 3.30. The Morgan fingerprint density at radius 2 is 1.88 bits per heavy atom. The fraction of sp³-hybridized carbons (Fsp3) is 0.360. The number of aryl methyl sites for hydroxylation is 1. The Bertz CT molecular complexity index is 984. The van der Waals surface area contributed by atoms with Crippen LogP contribution in [0.1, 0.15) is 25.8 Å². The molecule has 0 saturated carbocycles. The van der Waals surface area contributed by atoms with Gasteiger partial charge in [-0.05, 0) is 49.3 Å². The monoisotopic (exact) mass is 436 g/mol. The molecule has 0 saturated heterocycles. The van der Waals surface area contributed by atoms with Crippen molar-refractivity contribution in [2.45, 2.75) is 26.7 Å². The van der Waals surface area contributed by atoms with Crippen LogP contribution in [-0.4, -0.2) is 53.9 Å². The van der Waals surface area contributed by atoms with E-state index in [1.54, 1.807) is 13.3 Å². The summed E-state index contributed by atoms with van der Waals surface area (Å²) in [5.74, 6) is 1.22. The van der Waals surface area contributed by atoms with Crippen LogP contribution in [0.25, 0.3) is 5.69 Å². The molecule has 0 bridgehead atoms. The van der Waals surface area contributed by atoms with E-state index in [1.807, 2.05) is 59.4 Å². The lowest BCUT2D eigenvalue weighted by molar-refractivity contribution is -0.116. The first kappa shape index (κ1) is 23.3. The smallest absolute Gasteiger partial charge is 0.224 e. The van der Waals surface area contributed by atoms with E-state index >= 15 is 0 Å². The molecule has 7 heteroatoms. The van der Waals surface area contributed by atoms with Crippen LogP contribution in [0.4, 0.5) is 5.69 Å². The van der Waals surface area contributed by atoms with Crippen molar-refractivity contribution < 1.29 is 14.3 Å². The third-order valence-electron chi connectivity index (χ3n) is 5.30. The summed E-state index contributed by atoms with van der Waals surface area (Å²) in [4.78, 5) is 14.8. The fourth-order valence-electron chi connectivity index (χ4n) is 3.38. The van der Waals surface area contributed by atoms with Crippen LogP contribution in [0.2, 0.25) is 0 Å². The van der Waals surface area contributed by atoms with Gasteiger partial charge >= 0.3 is 0 Å². The van der Waals surface area contributed by atoms with E-state index in [0.717, 1.165) is 30.9 Å². The maximum Gasteiger partial charge on any atom is 0.224 e. The van der Waals surface area contributed by atoms with Crippen molar-refractivity contribution in [3.8, 4) is 17.2 Å². The molecular formula is C25H32N4O3. The topological polar surface area (TPSA) is 68.6 Å². The average molecular weight is 437 g/mol. The van der Waals surface area contributed by atoms with Crippen LogP contribution < -0.4 is 14.8 Å². The molecule has 1 aromatic heterocycles. The van der Waals surface area contributed by atoms with E-state index < -0.39 is 0 Å². The quantitative estimate of drug-likeness (QED) is 0.461. The predicted octanol–water partition coefficient (Wildman–Crippen LogP) is 4.17. The second-order valence-electron chi connectivity index (χ2n) is 7.42. The van der Waals surface area contributed by atoms with Gasteiger partial charge < -0.3 is 19.7 Å². The van der Waals surface area contributed by atoms with Crippen molar-refractivity contribution in [3.63, 3.8) is 0 Å². The van der Waals surface area contributed by atoms with Crippen LogP contribution in [0.15, 0.2) is 60.9 Å². The highest BCUT2D eigenvalue weighted by Gasteiger charge is 2.10. The molecule has 7 nitrogen and oxygen atoms in total. The van der Waals surface area contributed by atoms with Crippen LogP contribution in [0.3, 0.4) is 0 Å². The summed E-state index contributed by atoms with van der Waals surface area (Å²) in [5.41, 5.74) is 2.70. The number of para-hydroxylation sites is 1. The Kier molecular flexibility index (Phi) is 8.69. The number of nitrogens with zero attached hydrogens (tertiary/aromatic N) is 3. The lowest BCUT2D eigenvalue weighted by Crippen LogP contribution is -2.28. The zero-order valence-electron chi connectivity index (χ0n) is 19.1. The molecule has 32 heavy (non-hydrogen) atoms. The molecule has 0 aliphatic carbocycles. The standard InChI is InChI=1S/C25H32N4O3/c1-4-28(5-2)15-16-32-24-17-21(12-13-23(24)31-3)27-25(30)14-11-20-18-26-29(19-20)22-9-7-6-8-10-22/h6-10,12-13,17-19H,4-5,11,14-16H2,1-3H3,(H,27,30). The summed E-state index contributed by atoms with van der Waals surface area (Å²) in [6.45, 7) is 7.62. The number of methoxy groups -OCH3 is 1. The minimum absolute atomic E-state index is 0.0586. The number of benzene rings is 2. The summed E-state index contributed by atoms with van der Waals surface area (Å²) in [5, 5.41) is 7.34. The van der Waals surface area contributed by atoms with Gasteiger partial charge in [0.25, 0.3) is 0 Å². The Morgan fingerprint density at radius 3 is 2.59 bits per heavy atom. The first-order valence-corrected chi connectivity index (χ1v) is 11.0. The van der Waals surface area contributed by atoms with Crippen molar-refractivity contribution in [2.75, 3.05) is 38.7 Å². The van der Waals surface area contributed by atoms with Gasteiger partial charge in [0.05, 0.1) is 19.0 Å². The Labute approximate surface area is 190 Å². The molecule has 0 aliphatic heterocycles. The highest BCUT2D eigenvalue weighted by atomic mass is 16.5. The van der Waals surface area contributed by atoms with E-state index in [0.29, 0.717) is 36.6 Å². The van der Waals surface area contributed by atoms with E-state index in [-0.39, 0.29) is 5.91 Å². The van der Waals surface area contributed by atoms with Gasteiger partial charge in [-0.2, -0.15) is 5.10 Å². The van der Waals surface area contributed by atoms with Crippen molar-refractivity contribution in [1.29, 1.82) is 0 Å². The molecule has 2 aromatic carbocycles. The van der Waals surface area contributed by atoms with E-state index in [2.05, 4.69) is 29.2 Å². The van der Waals surface area contributed by atoms with E-state index in [9.17, 15) is 4.79 Å². The van der Waals surface area contributed by atoms with Gasteiger partial charge in [0.2, 0.25) is 5.91 Å². The van der Waals surface area contributed by atoms with Gasteiger partial charge in [-0.25, -0.2) is 4.68 Å². The Morgan fingerprint density at radius 1 is 1.09 bits per heavy atom. The number of amides is 1. The number of hydrogen-bond donors (Lipinski definition) is 1. The SMILES string of the molecule is CCN(CC)CCOc1cc(NC(=O)CCc2cnn(-c3ccccc3)c2)ccc1OC. The zero-order chi connectivity index (χ0) is 22.8. The minimum Gasteiger partial charge on any atom is -0.493 e. The number of hydrogen-bond acceptors (Lipinski definition) is 5. The van der Waals surface area contributed by atoms with Crippen LogP contribution >= 0.6 is 0 Å². The van der Waals surface area contributed by atoms with Crippen LogP contribution in [0, 0.1) is 0 Å². The largest absolute Gasteiger partial charge is 0.493 e. The van der Waals surface area contributed by atoms with Crippen molar-refractivity contribution >= 4 is 11.6 Å². The lowest BCUT2D eigenvalue weighted by atomic mass is 10.2. The molecule has 0 atom stereocenters. The summed E-state index contributed by atoms with van der Waals surface area (Å²) in [6, 6.07) is 15.4. The zero-order valence-corrected chi connectivity index (χ0v) is 19.1. The van der Waals surface area contributed by atoms with Gasteiger partial charge in [0, 0.05) is 30.9 Å². The summed E-state index contributed by atoms with van der Waals surface area (Å²) in [7, 11) is 1.61. The Hall–Kier alpha value is -3.32. The number of aromatic nitrogens is 2. The number of rotatable bonds is 12. The summed E-state index contributed by atoms with van der Waals surface area (Å²) >= 11 is 0. The van der Waals surface area contributed by atoms with Gasteiger partial charge in [0.15, 0.2) is 11.5 Å². The number of ether oxygens (including phenoxy) is 2. The van der Waals surface area contributed by atoms with Crippen molar-refractivity contribution in [3.05, 3.63) is 66.5 Å². The number of likely N-dealkylation sites (N-methyl/N-ethyl adjacent to an activating group) is 1. The molecule has 3 rings (SSSR count). The Balaban J connectivity index is 1.53. The molecular weight excluding hydrogens is 404 g/mol. The molecule has 0 unspecified atom stereocenters. The summed E-state index contributed by atoms with van der Waals surface area (Å²) in [6.07, 6.45) is 4.74. The van der Waals surface area contributed by atoms with Gasteiger partial charge in [-0.15, -0.1) is 0 Å². The maximum atomic E-state index is 12.5. The highest BCUT2D eigenvalue weighted by molar-refractivity contribution is 5.91. The van der Waals surface area contributed by atoms with Crippen molar-refractivity contribution in [2.24, 2.45) is 0 Å². The van der Waals surface area contributed by atoms with E-state index in [4.69, 9.17) is 9.47 Å². The second kappa shape index (κ2) is 11.9. The first-order valence-electron chi connectivity index (χ1n) is 11.0. The highest BCUT2D eigenvalue weighted by Crippen LogP contribution is 2.30. The van der Waals surface area contributed by atoms with Gasteiger partial charge in [0.1, 0.15) is 6.61 Å². The molecule has 0 spiro atoms. The maximum absolute atomic E-state index is 12.5. The van der Waals surface area contributed by atoms with Crippen LogP contribution in [0.5, 0.6) is 11.5 Å². The fourth-order valence-corrected chi connectivity index (χ4v) is 3.38. The molecule has 0 fully saturated rings. The molecule has 1 heterocycles. The second-order valence-corrected chi connectivity index (χ2v) is 7.42. The van der Waals surface area contributed by atoms with Crippen molar-refractivity contribution in [1.82, 2.24) is 14.7 Å². The molecule has 1 N–H and O–H groups in total. The first-order chi connectivity index (χ1) is 15.6. The normalized spacial score (nSPS) is 10.9. The third kappa shape index (κ3) is 6.59. The number of nitrogens with one attached hydrogen (secondary N) is 1. The molecule has 170 valence electrons. The van der Waals surface area contributed by atoms with Gasteiger partial charge in [-0.3, -0.25) is 4.79 Å². The molecule has 3 aromatic rings. The van der Waals surface area contributed by atoms with Crippen LogP contribution in [-0.2, 0) is 11.2 Å². The molecule has 0 aliphatic rings. The predicted molar refractivity (Wildman–Crippen MR) is 127 cm³/mol. The minimum atomic E-state index is -0.0586.